The average Bonchev–Trinajstić information content (AvgIpc) is 2.74. The minimum Gasteiger partial charge on any atom is -0.370 e. The van der Waals surface area contributed by atoms with Crippen LogP contribution in [0.2, 0.25) is 5.15 Å². The van der Waals surface area contributed by atoms with Gasteiger partial charge >= 0.3 is 0 Å². The molecule has 2 aromatic heterocycles. The molecule has 1 N–H and O–H groups in total. The summed E-state index contributed by atoms with van der Waals surface area (Å²) >= 11 is 5.83. The molecule has 2 heterocycles. The molecule has 0 bridgehead atoms. The van der Waals surface area contributed by atoms with Gasteiger partial charge in [0, 0.05) is 36.8 Å². The summed E-state index contributed by atoms with van der Waals surface area (Å²) < 4.78 is 2.16. The van der Waals surface area contributed by atoms with Crippen LogP contribution < -0.4 is 5.32 Å². The molecule has 3 rings (SSSR count). The second kappa shape index (κ2) is 5.74. The normalized spacial score (nSPS) is 11.0. The molecular weight excluding hydrogens is 284 g/mol. The summed E-state index contributed by atoms with van der Waals surface area (Å²) in [5, 5.41) is 5.03. The topological polar surface area (TPSA) is 42.7 Å². The molecule has 0 saturated heterocycles. The van der Waals surface area contributed by atoms with Gasteiger partial charge in [-0.2, -0.15) is 0 Å². The van der Waals surface area contributed by atoms with Crippen molar-refractivity contribution in [3.05, 3.63) is 53.1 Å². The van der Waals surface area contributed by atoms with Crippen molar-refractivity contribution in [1.82, 2.24) is 14.5 Å². The fourth-order valence-corrected chi connectivity index (χ4v) is 2.70. The van der Waals surface area contributed by atoms with Crippen molar-refractivity contribution >= 4 is 28.3 Å². The highest BCUT2D eigenvalue weighted by molar-refractivity contribution is 6.29. The highest BCUT2D eigenvalue weighted by atomic mass is 35.5. The lowest BCUT2D eigenvalue weighted by Crippen LogP contribution is -2.06. The molecule has 0 saturated carbocycles. The molecule has 0 atom stereocenters. The van der Waals surface area contributed by atoms with Crippen molar-refractivity contribution in [1.29, 1.82) is 0 Å². The van der Waals surface area contributed by atoms with E-state index in [1.54, 1.807) is 6.07 Å². The van der Waals surface area contributed by atoms with E-state index in [0.717, 1.165) is 18.8 Å². The van der Waals surface area contributed by atoms with Gasteiger partial charge in [0.2, 0.25) is 0 Å². The number of hydrogen-bond acceptors (Lipinski definition) is 3. The van der Waals surface area contributed by atoms with Crippen molar-refractivity contribution in [2.75, 3.05) is 11.9 Å². The first kappa shape index (κ1) is 13.9. The van der Waals surface area contributed by atoms with Gasteiger partial charge in [0.05, 0.1) is 0 Å². The largest absolute Gasteiger partial charge is 0.370 e. The van der Waals surface area contributed by atoms with Gasteiger partial charge in [-0.05, 0) is 36.6 Å². The van der Waals surface area contributed by atoms with Crippen LogP contribution in [-0.4, -0.2) is 21.1 Å². The number of hydrogen-bond donors (Lipinski definition) is 1. The Morgan fingerprint density at radius 1 is 1.24 bits per heavy atom. The Kier molecular flexibility index (Phi) is 3.80. The van der Waals surface area contributed by atoms with Gasteiger partial charge in [-0.1, -0.05) is 17.7 Å². The zero-order valence-electron chi connectivity index (χ0n) is 12.1. The summed E-state index contributed by atoms with van der Waals surface area (Å²) in [6.45, 7) is 2.96. The van der Waals surface area contributed by atoms with E-state index in [1.165, 1.54) is 28.4 Å². The first-order chi connectivity index (χ1) is 10.1. The number of anilines is 1. The minimum atomic E-state index is 0.453. The maximum atomic E-state index is 5.83. The number of benzene rings is 1. The molecule has 0 fully saturated rings. The highest BCUT2D eigenvalue weighted by Crippen LogP contribution is 2.21. The van der Waals surface area contributed by atoms with Gasteiger partial charge in [0.1, 0.15) is 17.3 Å². The van der Waals surface area contributed by atoms with Crippen molar-refractivity contribution in [3.8, 4) is 0 Å². The lowest BCUT2D eigenvalue weighted by molar-refractivity contribution is 0.962. The van der Waals surface area contributed by atoms with Crippen molar-refractivity contribution in [2.24, 2.45) is 7.05 Å². The van der Waals surface area contributed by atoms with Gasteiger partial charge < -0.3 is 9.88 Å². The maximum Gasteiger partial charge on any atom is 0.134 e. The summed E-state index contributed by atoms with van der Waals surface area (Å²) in [5.41, 5.74) is 3.89. The van der Waals surface area contributed by atoms with E-state index in [2.05, 4.69) is 58.2 Å². The van der Waals surface area contributed by atoms with Gasteiger partial charge in [0.25, 0.3) is 0 Å². The monoisotopic (exact) mass is 300 g/mol. The van der Waals surface area contributed by atoms with E-state index in [9.17, 15) is 0 Å². The summed E-state index contributed by atoms with van der Waals surface area (Å²) in [6.07, 6.45) is 4.56. The summed E-state index contributed by atoms with van der Waals surface area (Å²) in [6, 6.07) is 8.35. The lowest BCUT2D eigenvalue weighted by Gasteiger charge is -2.06. The number of aromatic nitrogens is 3. The third kappa shape index (κ3) is 3.00. The van der Waals surface area contributed by atoms with E-state index in [0.29, 0.717) is 5.15 Å². The van der Waals surface area contributed by atoms with Crippen LogP contribution in [0.5, 0.6) is 0 Å². The molecule has 4 nitrogen and oxygen atoms in total. The molecule has 0 aliphatic rings. The standard InChI is InChI=1S/C16H17ClN4/c1-11-9-21(2)14-4-3-12(7-13(11)14)5-6-18-16-8-15(17)19-10-20-16/h3-4,7-10H,5-6H2,1-2H3,(H,18,19,20). The molecule has 0 radical (unpaired) electrons. The van der Waals surface area contributed by atoms with Crippen LogP contribution >= 0.6 is 11.6 Å². The van der Waals surface area contributed by atoms with Gasteiger partial charge in [-0.25, -0.2) is 9.97 Å². The van der Waals surface area contributed by atoms with E-state index in [1.807, 2.05) is 0 Å². The number of fused-ring (bicyclic) bond motifs is 1. The Hall–Kier alpha value is -2.07. The molecule has 0 aliphatic heterocycles. The van der Waals surface area contributed by atoms with Crippen LogP contribution in [-0.2, 0) is 13.5 Å². The molecule has 5 heteroatoms. The molecule has 0 aliphatic carbocycles. The fraction of sp³-hybridized carbons (Fsp3) is 0.250. The third-order valence-corrected chi connectivity index (χ3v) is 3.81. The van der Waals surface area contributed by atoms with Crippen LogP contribution in [0.1, 0.15) is 11.1 Å². The van der Waals surface area contributed by atoms with Gasteiger partial charge in [0.15, 0.2) is 0 Å². The highest BCUT2D eigenvalue weighted by Gasteiger charge is 2.04. The Morgan fingerprint density at radius 3 is 2.90 bits per heavy atom. The number of halogens is 1. The Labute approximate surface area is 128 Å². The number of nitrogens with one attached hydrogen (secondary N) is 1. The average molecular weight is 301 g/mol. The predicted molar refractivity (Wildman–Crippen MR) is 86.9 cm³/mol. The van der Waals surface area contributed by atoms with Crippen molar-refractivity contribution in [2.45, 2.75) is 13.3 Å². The van der Waals surface area contributed by atoms with E-state index in [4.69, 9.17) is 11.6 Å². The molecule has 3 aromatic rings. The molecule has 108 valence electrons. The predicted octanol–water partition coefficient (Wildman–Crippen LogP) is 3.58. The van der Waals surface area contributed by atoms with Crippen molar-refractivity contribution in [3.63, 3.8) is 0 Å². The Morgan fingerprint density at radius 2 is 2.10 bits per heavy atom. The summed E-state index contributed by atoms with van der Waals surface area (Å²) in [4.78, 5) is 7.99. The van der Waals surface area contributed by atoms with E-state index >= 15 is 0 Å². The quantitative estimate of drug-likeness (QED) is 0.749. The van der Waals surface area contributed by atoms with Gasteiger partial charge in [-0.3, -0.25) is 0 Å². The van der Waals surface area contributed by atoms with Crippen LogP contribution in [0.3, 0.4) is 0 Å². The van der Waals surface area contributed by atoms with Crippen LogP contribution in [0.25, 0.3) is 10.9 Å². The molecule has 0 amide bonds. The molecular formula is C16H17ClN4. The fourth-order valence-electron chi connectivity index (χ4n) is 2.56. The number of nitrogens with zero attached hydrogens (tertiary/aromatic N) is 3. The smallest absolute Gasteiger partial charge is 0.134 e. The molecule has 0 spiro atoms. The second-order valence-corrected chi connectivity index (χ2v) is 5.56. The zero-order chi connectivity index (χ0) is 14.8. The first-order valence-electron chi connectivity index (χ1n) is 6.89. The molecule has 1 aromatic carbocycles. The number of aryl methyl sites for hydroxylation is 2. The van der Waals surface area contributed by atoms with E-state index < -0.39 is 0 Å². The van der Waals surface area contributed by atoms with Crippen LogP contribution in [0.4, 0.5) is 5.82 Å². The Bertz CT molecular complexity index is 779. The summed E-state index contributed by atoms with van der Waals surface area (Å²) in [7, 11) is 2.08. The first-order valence-corrected chi connectivity index (χ1v) is 7.27. The third-order valence-electron chi connectivity index (χ3n) is 3.61. The Balaban J connectivity index is 1.69. The zero-order valence-corrected chi connectivity index (χ0v) is 12.9. The second-order valence-electron chi connectivity index (χ2n) is 5.18. The van der Waals surface area contributed by atoms with Gasteiger partial charge in [-0.15, -0.1) is 0 Å². The van der Waals surface area contributed by atoms with Crippen LogP contribution in [0, 0.1) is 6.92 Å². The van der Waals surface area contributed by atoms with Crippen molar-refractivity contribution < 1.29 is 0 Å². The number of rotatable bonds is 4. The van der Waals surface area contributed by atoms with E-state index in [-0.39, 0.29) is 0 Å². The van der Waals surface area contributed by atoms with Crippen LogP contribution in [0.15, 0.2) is 36.8 Å². The molecule has 21 heavy (non-hydrogen) atoms. The molecule has 0 unspecified atom stereocenters. The lowest BCUT2D eigenvalue weighted by atomic mass is 10.1. The minimum absolute atomic E-state index is 0.453. The summed E-state index contributed by atoms with van der Waals surface area (Å²) in [5.74, 6) is 0.756. The SMILES string of the molecule is Cc1cn(C)c2ccc(CCNc3cc(Cl)ncn3)cc12. The maximum absolute atomic E-state index is 5.83.